The second-order valence-electron chi connectivity index (χ2n) is 3.33. The molecule has 0 saturated carbocycles. The van der Waals surface area contributed by atoms with Crippen molar-refractivity contribution in [2.75, 3.05) is 25.1 Å². The van der Waals surface area contributed by atoms with Gasteiger partial charge >= 0.3 is 0 Å². The summed E-state index contributed by atoms with van der Waals surface area (Å²) in [6.07, 6.45) is 2.67. The van der Waals surface area contributed by atoms with Gasteiger partial charge in [0.15, 0.2) is 11.8 Å². The van der Waals surface area contributed by atoms with Crippen LogP contribution in [0.25, 0.3) is 0 Å². The summed E-state index contributed by atoms with van der Waals surface area (Å²) >= 11 is 1.67. The van der Waals surface area contributed by atoms with Gasteiger partial charge in [0.25, 0.3) is 6.20 Å². The number of nitrogens with one attached hydrogen (secondary N) is 3. The summed E-state index contributed by atoms with van der Waals surface area (Å²) in [6.45, 7) is 0.630. The van der Waals surface area contributed by atoms with E-state index >= 15 is 0 Å². The zero-order valence-corrected chi connectivity index (χ0v) is 10.8. The number of nitrogens with two attached hydrogens (primary N) is 1. The van der Waals surface area contributed by atoms with Gasteiger partial charge in [-0.15, -0.1) is 0 Å². The molecule has 0 aliphatic carbocycles. The number of H-pyrrole nitrogens is 1. The number of thioether (sulfide) groups is 1. The van der Waals surface area contributed by atoms with Crippen molar-refractivity contribution in [3.05, 3.63) is 34.0 Å². The van der Waals surface area contributed by atoms with Crippen molar-refractivity contribution in [3.63, 3.8) is 0 Å². The van der Waals surface area contributed by atoms with Crippen molar-refractivity contribution < 1.29 is 4.92 Å². The summed E-state index contributed by atoms with van der Waals surface area (Å²) in [6, 6.07) is 0. The molecule has 8 nitrogen and oxygen atoms in total. The lowest BCUT2D eigenvalue weighted by Crippen LogP contribution is -2.26. The van der Waals surface area contributed by atoms with E-state index in [1.165, 1.54) is 0 Å². The number of imidazole rings is 1. The fourth-order valence-electron chi connectivity index (χ4n) is 1.19. The number of nitro groups is 1. The minimum Gasteiger partial charge on any atom is -0.370 e. The largest absolute Gasteiger partial charge is 0.370 e. The first kappa shape index (κ1) is 14.2. The predicted molar refractivity (Wildman–Crippen MR) is 71.3 cm³/mol. The zero-order chi connectivity index (χ0) is 13.4. The fourth-order valence-corrected chi connectivity index (χ4v) is 1.94. The summed E-state index contributed by atoms with van der Waals surface area (Å²) in [5.41, 5.74) is 6.34. The first-order valence-electron chi connectivity index (χ1n) is 5.26. The second-order valence-corrected chi connectivity index (χ2v) is 4.44. The molecule has 0 unspecified atom stereocenters. The van der Waals surface area contributed by atoms with E-state index in [1.807, 2.05) is 0 Å². The van der Waals surface area contributed by atoms with Crippen LogP contribution < -0.4 is 16.4 Å². The third-order valence-electron chi connectivity index (χ3n) is 1.97. The van der Waals surface area contributed by atoms with Crippen LogP contribution >= 0.6 is 11.8 Å². The maximum atomic E-state index is 10.3. The van der Waals surface area contributed by atoms with Crippen LogP contribution in [0.3, 0.4) is 0 Å². The van der Waals surface area contributed by atoms with Crippen molar-refractivity contribution >= 4 is 17.7 Å². The highest BCUT2D eigenvalue weighted by molar-refractivity contribution is 7.98. The quantitative estimate of drug-likeness (QED) is 0.301. The van der Waals surface area contributed by atoms with Gasteiger partial charge in [-0.2, -0.15) is 11.8 Å². The van der Waals surface area contributed by atoms with Gasteiger partial charge in [0.1, 0.15) is 0 Å². The van der Waals surface area contributed by atoms with Gasteiger partial charge in [-0.25, -0.2) is 4.98 Å². The third-order valence-corrected chi connectivity index (χ3v) is 2.96. The third kappa shape index (κ3) is 5.43. The minimum atomic E-state index is -0.502. The normalized spacial score (nSPS) is 11.3. The van der Waals surface area contributed by atoms with E-state index in [0.29, 0.717) is 18.3 Å². The SMILES string of the molecule is CNC(=C[N+](=O)[O-])NCCSCc1c[nH]c(N)n1. The van der Waals surface area contributed by atoms with Crippen LogP contribution in [0, 0.1) is 10.1 Å². The monoisotopic (exact) mass is 272 g/mol. The Labute approximate surface area is 109 Å². The van der Waals surface area contributed by atoms with Gasteiger partial charge in [-0.05, 0) is 0 Å². The molecule has 1 rings (SSSR count). The Balaban J connectivity index is 2.16. The molecule has 0 spiro atoms. The molecule has 0 aliphatic rings. The van der Waals surface area contributed by atoms with Crippen LogP contribution in [0.2, 0.25) is 0 Å². The Morgan fingerprint density at radius 3 is 3.11 bits per heavy atom. The number of nitrogen functional groups attached to an aromatic ring is 1. The van der Waals surface area contributed by atoms with Crippen LogP contribution in [0.4, 0.5) is 5.95 Å². The molecule has 0 amide bonds. The molecule has 5 N–H and O–H groups in total. The lowest BCUT2D eigenvalue weighted by Gasteiger charge is -2.06. The molecule has 1 aromatic heterocycles. The number of aromatic amines is 1. The topological polar surface area (TPSA) is 122 Å². The highest BCUT2D eigenvalue weighted by Gasteiger charge is 2.00. The fraction of sp³-hybridized carbons (Fsp3) is 0.444. The number of rotatable bonds is 8. The highest BCUT2D eigenvalue weighted by Crippen LogP contribution is 2.09. The van der Waals surface area contributed by atoms with E-state index < -0.39 is 4.92 Å². The van der Waals surface area contributed by atoms with Crippen LogP contribution in [-0.4, -0.2) is 34.2 Å². The molecule has 0 saturated heterocycles. The van der Waals surface area contributed by atoms with E-state index in [9.17, 15) is 10.1 Å². The van der Waals surface area contributed by atoms with E-state index in [2.05, 4.69) is 20.6 Å². The molecule has 1 heterocycles. The van der Waals surface area contributed by atoms with E-state index in [1.54, 1.807) is 25.0 Å². The lowest BCUT2D eigenvalue weighted by molar-refractivity contribution is -0.404. The first-order chi connectivity index (χ1) is 8.61. The van der Waals surface area contributed by atoms with Crippen molar-refractivity contribution in [2.45, 2.75) is 5.75 Å². The maximum Gasteiger partial charge on any atom is 0.274 e. The van der Waals surface area contributed by atoms with Crippen LogP contribution in [-0.2, 0) is 5.75 Å². The molecule has 18 heavy (non-hydrogen) atoms. The number of aromatic nitrogens is 2. The molecule has 0 fully saturated rings. The second kappa shape index (κ2) is 7.43. The molecular weight excluding hydrogens is 256 g/mol. The molecular formula is C9H16N6O2S. The standard InChI is InChI=1S/C9H16N6O2S/c1-11-8(5-15(16)17)12-2-3-18-6-7-4-13-9(10)14-7/h4-5,11-12H,2-3,6H2,1H3,(H3,10,13,14). The Morgan fingerprint density at radius 2 is 2.56 bits per heavy atom. The summed E-state index contributed by atoms with van der Waals surface area (Å²) in [5, 5.41) is 15.9. The van der Waals surface area contributed by atoms with Crippen LogP contribution in [0.5, 0.6) is 0 Å². The molecule has 9 heteroatoms. The van der Waals surface area contributed by atoms with Crippen molar-refractivity contribution in [1.82, 2.24) is 20.6 Å². The molecule has 0 aromatic carbocycles. The lowest BCUT2D eigenvalue weighted by atomic mass is 10.6. The number of hydrogen-bond donors (Lipinski definition) is 4. The first-order valence-corrected chi connectivity index (χ1v) is 6.41. The molecule has 0 radical (unpaired) electrons. The Morgan fingerprint density at radius 1 is 1.78 bits per heavy atom. The maximum absolute atomic E-state index is 10.3. The predicted octanol–water partition coefficient (Wildman–Crippen LogP) is 0.110. The van der Waals surface area contributed by atoms with E-state index in [4.69, 9.17) is 5.73 Å². The summed E-state index contributed by atoms with van der Waals surface area (Å²) in [5.74, 6) is 2.37. The summed E-state index contributed by atoms with van der Waals surface area (Å²) < 4.78 is 0. The van der Waals surface area contributed by atoms with E-state index in [0.717, 1.165) is 23.4 Å². The number of nitrogens with zero attached hydrogens (tertiary/aromatic N) is 2. The molecule has 0 atom stereocenters. The van der Waals surface area contributed by atoms with Crippen LogP contribution in [0.1, 0.15) is 5.69 Å². The zero-order valence-electron chi connectivity index (χ0n) is 9.97. The molecule has 100 valence electrons. The Bertz CT molecular complexity index is 419. The average molecular weight is 272 g/mol. The van der Waals surface area contributed by atoms with Gasteiger partial charge in [0, 0.05) is 31.3 Å². The smallest absolute Gasteiger partial charge is 0.274 e. The van der Waals surface area contributed by atoms with Crippen LogP contribution in [0.15, 0.2) is 18.2 Å². The molecule has 0 bridgehead atoms. The van der Waals surface area contributed by atoms with Gasteiger partial charge in [0.05, 0.1) is 10.6 Å². The average Bonchev–Trinajstić information content (AvgIpc) is 2.72. The van der Waals surface area contributed by atoms with Gasteiger partial charge in [-0.1, -0.05) is 0 Å². The highest BCUT2D eigenvalue weighted by atomic mass is 32.2. The van der Waals surface area contributed by atoms with E-state index in [-0.39, 0.29) is 0 Å². The van der Waals surface area contributed by atoms with Crippen molar-refractivity contribution in [1.29, 1.82) is 0 Å². The Kier molecular flexibility index (Phi) is 5.85. The number of hydrogen-bond acceptors (Lipinski definition) is 7. The van der Waals surface area contributed by atoms with Crippen molar-refractivity contribution in [3.8, 4) is 0 Å². The summed E-state index contributed by atoms with van der Waals surface area (Å²) in [4.78, 5) is 16.6. The van der Waals surface area contributed by atoms with Crippen molar-refractivity contribution in [2.24, 2.45) is 0 Å². The Hall–Kier alpha value is -1.90. The van der Waals surface area contributed by atoms with Gasteiger partial charge in [0.2, 0.25) is 0 Å². The molecule has 1 aromatic rings. The summed E-state index contributed by atoms with van der Waals surface area (Å²) in [7, 11) is 1.63. The van der Waals surface area contributed by atoms with Gasteiger partial charge in [-0.3, -0.25) is 10.1 Å². The molecule has 0 aliphatic heterocycles. The van der Waals surface area contributed by atoms with Gasteiger partial charge < -0.3 is 21.4 Å². The minimum absolute atomic E-state index is 0.393. The number of anilines is 1.